The average Bonchev–Trinajstić information content (AvgIpc) is 2.76. The number of benzene rings is 1. The number of aromatic nitrogens is 2. The average molecular weight is 286 g/mol. The number of nitrogens with one attached hydrogen (secondary N) is 1. The van der Waals surface area contributed by atoms with E-state index >= 15 is 0 Å². The fourth-order valence-corrected chi connectivity index (χ4v) is 2.86. The number of hydrogen-bond acceptors (Lipinski definition) is 5. The van der Waals surface area contributed by atoms with E-state index in [4.69, 9.17) is 4.52 Å². The van der Waals surface area contributed by atoms with E-state index in [1.54, 1.807) is 0 Å². The van der Waals surface area contributed by atoms with Crippen molar-refractivity contribution in [2.75, 3.05) is 19.6 Å². The second-order valence-corrected chi connectivity index (χ2v) is 5.66. The summed E-state index contributed by atoms with van der Waals surface area (Å²) in [6.45, 7) is 5.76. The Morgan fingerprint density at radius 3 is 2.95 bits per heavy atom. The molecule has 0 saturated carbocycles. The van der Waals surface area contributed by atoms with Crippen molar-refractivity contribution in [3.05, 3.63) is 47.6 Å². The molecule has 21 heavy (non-hydrogen) atoms. The maximum absolute atomic E-state index is 5.06. The topological polar surface area (TPSA) is 54.2 Å². The van der Waals surface area contributed by atoms with E-state index in [2.05, 4.69) is 50.7 Å². The van der Waals surface area contributed by atoms with Gasteiger partial charge >= 0.3 is 0 Å². The monoisotopic (exact) mass is 286 g/mol. The molecule has 112 valence electrons. The van der Waals surface area contributed by atoms with E-state index < -0.39 is 0 Å². The van der Waals surface area contributed by atoms with E-state index in [0.29, 0.717) is 11.9 Å². The van der Waals surface area contributed by atoms with Crippen molar-refractivity contribution in [2.24, 2.45) is 0 Å². The van der Waals surface area contributed by atoms with E-state index in [1.807, 2.05) is 6.92 Å². The molecule has 1 N–H and O–H groups in total. The van der Waals surface area contributed by atoms with Crippen molar-refractivity contribution in [2.45, 2.75) is 32.4 Å². The summed E-state index contributed by atoms with van der Waals surface area (Å²) in [7, 11) is 0. The second kappa shape index (κ2) is 6.83. The normalized spacial score (nSPS) is 20.3. The minimum absolute atomic E-state index is 0.475. The van der Waals surface area contributed by atoms with Crippen LogP contribution in [0, 0.1) is 6.92 Å². The maximum atomic E-state index is 5.06. The summed E-state index contributed by atoms with van der Waals surface area (Å²) in [5, 5.41) is 7.65. The molecule has 1 aromatic carbocycles. The fraction of sp³-hybridized carbons (Fsp3) is 0.500. The summed E-state index contributed by atoms with van der Waals surface area (Å²) in [6.07, 6.45) is 2.21. The van der Waals surface area contributed by atoms with E-state index in [0.717, 1.165) is 44.8 Å². The van der Waals surface area contributed by atoms with Gasteiger partial charge in [0.2, 0.25) is 5.89 Å². The molecule has 2 heterocycles. The molecule has 0 bridgehead atoms. The van der Waals surface area contributed by atoms with Gasteiger partial charge in [-0.1, -0.05) is 35.5 Å². The number of aryl methyl sites for hydroxylation is 1. The van der Waals surface area contributed by atoms with Crippen LogP contribution in [0.1, 0.15) is 23.7 Å². The molecule has 1 fully saturated rings. The Morgan fingerprint density at radius 1 is 1.33 bits per heavy atom. The zero-order valence-electron chi connectivity index (χ0n) is 12.5. The Kier molecular flexibility index (Phi) is 4.62. The van der Waals surface area contributed by atoms with Crippen LogP contribution in [0.2, 0.25) is 0 Å². The zero-order valence-corrected chi connectivity index (χ0v) is 12.5. The molecule has 2 aromatic rings. The van der Waals surface area contributed by atoms with Gasteiger partial charge in [-0.3, -0.25) is 4.90 Å². The van der Waals surface area contributed by atoms with Gasteiger partial charge in [0.05, 0.1) is 6.54 Å². The Hall–Kier alpha value is -1.72. The molecule has 0 radical (unpaired) electrons. The summed E-state index contributed by atoms with van der Waals surface area (Å²) >= 11 is 0. The second-order valence-electron chi connectivity index (χ2n) is 5.66. The molecule has 0 aliphatic carbocycles. The van der Waals surface area contributed by atoms with Crippen molar-refractivity contribution in [3.63, 3.8) is 0 Å². The molecule has 1 saturated heterocycles. The molecular formula is C16H22N4O. The predicted octanol–water partition coefficient (Wildman–Crippen LogP) is 1.78. The molecule has 1 aromatic heterocycles. The highest BCUT2D eigenvalue weighted by atomic mass is 16.5. The standard InChI is InChI=1S/C16H22N4O/c1-13-18-16(19-21-13)12-20-9-5-8-17-15(11-20)10-14-6-3-2-4-7-14/h2-4,6-7,15,17H,5,8-12H2,1H3. The first-order valence-corrected chi connectivity index (χ1v) is 7.58. The predicted molar refractivity (Wildman–Crippen MR) is 80.9 cm³/mol. The number of nitrogens with zero attached hydrogens (tertiary/aromatic N) is 3. The highest BCUT2D eigenvalue weighted by Crippen LogP contribution is 2.10. The highest BCUT2D eigenvalue weighted by molar-refractivity contribution is 5.16. The lowest BCUT2D eigenvalue weighted by Gasteiger charge is -2.23. The van der Waals surface area contributed by atoms with Crippen molar-refractivity contribution in [1.82, 2.24) is 20.4 Å². The SMILES string of the molecule is Cc1nc(CN2CCCNC(Cc3ccccc3)C2)no1. The van der Waals surface area contributed by atoms with Gasteiger partial charge in [-0.25, -0.2) is 0 Å². The minimum Gasteiger partial charge on any atom is -0.340 e. The molecule has 1 aliphatic rings. The zero-order chi connectivity index (χ0) is 14.5. The highest BCUT2D eigenvalue weighted by Gasteiger charge is 2.19. The Labute approximate surface area is 125 Å². The Bertz CT molecular complexity index is 554. The van der Waals surface area contributed by atoms with E-state index in [-0.39, 0.29) is 0 Å². The molecule has 3 rings (SSSR count). The minimum atomic E-state index is 0.475. The molecule has 1 atom stereocenters. The Morgan fingerprint density at radius 2 is 2.19 bits per heavy atom. The van der Waals surface area contributed by atoms with Gasteiger partial charge in [0.25, 0.3) is 0 Å². The molecule has 1 unspecified atom stereocenters. The lowest BCUT2D eigenvalue weighted by atomic mass is 10.1. The van der Waals surface area contributed by atoms with Gasteiger partial charge < -0.3 is 9.84 Å². The van der Waals surface area contributed by atoms with Crippen LogP contribution >= 0.6 is 0 Å². The van der Waals surface area contributed by atoms with Crippen molar-refractivity contribution in [1.29, 1.82) is 0 Å². The summed E-state index contributed by atoms with van der Waals surface area (Å²) < 4.78 is 5.06. The summed E-state index contributed by atoms with van der Waals surface area (Å²) in [4.78, 5) is 6.72. The molecule has 5 heteroatoms. The lowest BCUT2D eigenvalue weighted by molar-refractivity contribution is 0.248. The number of rotatable bonds is 4. The third-order valence-corrected chi connectivity index (χ3v) is 3.82. The summed E-state index contributed by atoms with van der Waals surface area (Å²) in [5.41, 5.74) is 1.38. The van der Waals surface area contributed by atoms with Crippen LogP contribution in [0.15, 0.2) is 34.9 Å². The van der Waals surface area contributed by atoms with Crippen LogP contribution in [0.25, 0.3) is 0 Å². The lowest BCUT2D eigenvalue weighted by Crippen LogP contribution is -2.39. The summed E-state index contributed by atoms with van der Waals surface area (Å²) in [5.74, 6) is 1.42. The van der Waals surface area contributed by atoms with Crippen LogP contribution in [0.3, 0.4) is 0 Å². The van der Waals surface area contributed by atoms with Crippen molar-refractivity contribution >= 4 is 0 Å². The number of hydrogen-bond donors (Lipinski definition) is 1. The fourth-order valence-electron chi connectivity index (χ4n) is 2.86. The van der Waals surface area contributed by atoms with Crippen LogP contribution in [0.4, 0.5) is 0 Å². The van der Waals surface area contributed by atoms with Crippen LogP contribution in [-0.2, 0) is 13.0 Å². The molecule has 0 spiro atoms. The van der Waals surface area contributed by atoms with Crippen LogP contribution in [-0.4, -0.2) is 40.7 Å². The van der Waals surface area contributed by atoms with Gasteiger partial charge in [0, 0.05) is 19.5 Å². The third kappa shape index (κ3) is 4.12. The molecule has 0 amide bonds. The van der Waals surface area contributed by atoms with Crippen molar-refractivity contribution < 1.29 is 4.52 Å². The third-order valence-electron chi connectivity index (χ3n) is 3.82. The molecule has 1 aliphatic heterocycles. The molecular weight excluding hydrogens is 264 g/mol. The van der Waals surface area contributed by atoms with Crippen molar-refractivity contribution in [3.8, 4) is 0 Å². The first-order chi connectivity index (χ1) is 10.3. The van der Waals surface area contributed by atoms with Gasteiger partial charge in [-0.05, 0) is 31.5 Å². The van der Waals surface area contributed by atoms with Gasteiger partial charge in [-0.15, -0.1) is 0 Å². The maximum Gasteiger partial charge on any atom is 0.223 e. The van der Waals surface area contributed by atoms with E-state index in [1.165, 1.54) is 5.56 Å². The molecule has 5 nitrogen and oxygen atoms in total. The van der Waals surface area contributed by atoms with Gasteiger partial charge in [-0.2, -0.15) is 4.98 Å². The smallest absolute Gasteiger partial charge is 0.223 e. The quantitative estimate of drug-likeness (QED) is 0.928. The summed E-state index contributed by atoms with van der Waals surface area (Å²) in [6, 6.07) is 11.1. The first-order valence-electron chi connectivity index (χ1n) is 7.58. The van der Waals surface area contributed by atoms with Gasteiger partial charge in [0.15, 0.2) is 5.82 Å². The van der Waals surface area contributed by atoms with E-state index in [9.17, 15) is 0 Å². The van der Waals surface area contributed by atoms with Crippen LogP contribution in [0.5, 0.6) is 0 Å². The largest absolute Gasteiger partial charge is 0.340 e. The first kappa shape index (κ1) is 14.2. The van der Waals surface area contributed by atoms with Crippen LogP contribution < -0.4 is 5.32 Å². The van der Waals surface area contributed by atoms with Gasteiger partial charge in [0.1, 0.15) is 0 Å². The Balaban J connectivity index is 1.60.